The predicted molar refractivity (Wildman–Crippen MR) is 65.2 cm³/mol. The molecule has 0 spiro atoms. The summed E-state index contributed by atoms with van der Waals surface area (Å²) >= 11 is 5.98. The minimum atomic E-state index is -0.0371. The van der Waals surface area contributed by atoms with Crippen LogP contribution in [-0.4, -0.2) is 21.5 Å². The molecule has 1 N–H and O–H groups in total. The van der Waals surface area contributed by atoms with Crippen LogP contribution in [-0.2, 0) is 0 Å². The maximum absolute atomic E-state index is 11.9. The zero-order chi connectivity index (χ0) is 11.5. The highest BCUT2D eigenvalue weighted by Crippen LogP contribution is 2.33. The predicted octanol–water partition coefficient (Wildman–Crippen LogP) is 2.01. The van der Waals surface area contributed by atoms with Crippen LogP contribution in [0.5, 0.6) is 0 Å². The lowest BCUT2D eigenvalue weighted by molar-refractivity contribution is 0.698. The lowest BCUT2D eigenvalue weighted by Crippen LogP contribution is -2.26. The van der Waals surface area contributed by atoms with Gasteiger partial charge in [0, 0.05) is 25.0 Å². The third-order valence-electron chi connectivity index (χ3n) is 2.74. The maximum Gasteiger partial charge on any atom is 0.293 e. The van der Waals surface area contributed by atoms with Gasteiger partial charge in [0.2, 0.25) is 0 Å². The summed E-state index contributed by atoms with van der Waals surface area (Å²) in [5, 5.41) is 3.05. The van der Waals surface area contributed by atoms with Gasteiger partial charge in [0.1, 0.15) is 0 Å². The summed E-state index contributed by atoms with van der Waals surface area (Å²) in [5.74, 6) is 0.411. The molecule has 2 rings (SSSR count). The molecule has 16 heavy (non-hydrogen) atoms. The van der Waals surface area contributed by atoms with Gasteiger partial charge in [-0.25, -0.2) is 4.98 Å². The number of hydrogen-bond acceptors (Lipinski definition) is 3. The molecule has 1 atom stereocenters. The van der Waals surface area contributed by atoms with Crippen molar-refractivity contribution >= 4 is 17.4 Å². The highest BCUT2D eigenvalue weighted by molar-refractivity contribution is 6.20. The van der Waals surface area contributed by atoms with Crippen LogP contribution in [0.15, 0.2) is 17.2 Å². The SMILES string of the molecule is CCC(Cl)CNc1nccn(C2CC2)c1=O. The fourth-order valence-corrected chi connectivity index (χ4v) is 1.62. The molecule has 0 aromatic carbocycles. The molecule has 0 saturated heterocycles. The van der Waals surface area contributed by atoms with Gasteiger partial charge >= 0.3 is 0 Å². The molecule has 0 aliphatic heterocycles. The smallest absolute Gasteiger partial charge is 0.293 e. The molecule has 1 aromatic heterocycles. The van der Waals surface area contributed by atoms with Crippen molar-refractivity contribution in [3.63, 3.8) is 0 Å². The second-order valence-electron chi connectivity index (χ2n) is 4.11. The summed E-state index contributed by atoms with van der Waals surface area (Å²) in [7, 11) is 0. The number of halogens is 1. The van der Waals surface area contributed by atoms with E-state index in [1.165, 1.54) is 0 Å². The van der Waals surface area contributed by atoms with Crippen LogP contribution >= 0.6 is 11.6 Å². The normalized spacial score (nSPS) is 17.1. The summed E-state index contributed by atoms with van der Waals surface area (Å²) in [4.78, 5) is 16.0. The second-order valence-corrected chi connectivity index (χ2v) is 4.72. The first-order valence-electron chi connectivity index (χ1n) is 5.67. The molecule has 4 nitrogen and oxygen atoms in total. The van der Waals surface area contributed by atoms with E-state index in [2.05, 4.69) is 10.3 Å². The van der Waals surface area contributed by atoms with Crippen LogP contribution in [0.2, 0.25) is 0 Å². The van der Waals surface area contributed by atoms with Gasteiger partial charge in [-0.2, -0.15) is 0 Å². The molecule has 1 aliphatic carbocycles. The van der Waals surface area contributed by atoms with Crippen molar-refractivity contribution in [2.75, 3.05) is 11.9 Å². The summed E-state index contributed by atoms with van der Waals surface area (Å²) in [5.41, 5.74) is -0.0371. The highest BCUT2D eigenvalue weighted by atomic mass is 35.5. The Kier molecular flexibility index (Phi) is 3.49. The number of nitrogens with zero attached hydrogens (tertiary/aromatic N) is 2. The Labute approximate surface area is 99.6 Å². The minimum absolute atomic E-state index is 0.0371. The first-order chi connectivity index (χ1) is 7.72. The average Bonchev–Trinajstić information content (AvgIpc) is 3.11. The van der Waals surface area contributed by atoms with Crippen LogP contribution < -0.4 is 10.9 Å². The minimum Gasteiger partial charge on any atom is -0.364 e. The number of alkyl halides is 1. The van der Waals surface area contributed by atoms with E-state index in [9.17, 15) is 4.79 Å². The molecule has 1 unspecified atom stereocenters. The molecular formula is C11H16ClN3O. The van der Waals surface area contributed by atoms with Gasteiger partial charge in [0.15, 0.2) is 5.82 Å². The molecule has 0 bridgehead atoms. The Hall–Kier alpha value is -1.03. The van der Waals surface area contributed by atoms with E-state index in [4.69, 9.17) is 11.6 Å². The first-order valence-corrected chi connectivity index (χ1v) is 6.11. The number of hydrogen-bond donors (Lipinski definition) is 1. The molecule has 1 heterocycles. The van der Waals surface area contributed by atoms with Crippen molar-refractivity contribution in [2.24, 2.45) is 0 Å². The van der Waals surface area contributed by atoms with Crippen molar-refractivity contribution in [2.45, 2.75) is 37.6 Å². The Balaban J connectivity index is 2.09. The molecule has 1 fully saturated rings. The van der Waals surface area contributed by atoms with Gasteiger partial charge < -0.3 is 9.88 Å². The van der Waals surface area contributed by atoms with Gasteiger partial charge in [0.25, 0.3) is 5.56 Å². The van der Waals surface area contributed by atoms with Crippen LogP contribution in [0.1, 0.15) is 32.2 Å². The Bertz CT molecular complexity index is 414. The standard InChI is InChI=1S/C11H16ClN3O/c1-2-8(12)7-14-10-11(16)15(6-5-13-10)9-3-4-9/h5-6,8-9H,2-4,7H2,1H3,(H,13,14). The lowest BCUT2D eigenvalue weighted by atomic mass is 10.3. The van der Waals surface area contributed by atoms with Crippen LogP contribution in [0.25, 0.3) is 0 Å². The van der Waals surface area contributed by atoms with Crippen molar-refractivity contribution < 1.29 is 0 Å². The fraction of sp³-hybridized carbons (Fsp3) is 0.636. The number of anilines is 1. The summed E-state index contributed by atoms with van der Waals surface area (Å²) in [6.07, 6.45) is 6.48. The van der Waals surface area contributed by atoms with E-state index in [1.54, 1.807) is 17.0 Å². The Morgan fingerprint density at radius 2 is 2.44 bits per heavy atom. The molecule has 1 aromatic rings. The van der Waals surface area contributed by atoms with Gasteiger partial charge in [-0.1, -0.05) is 6.92 Å². The van der Waals surface area contributed by atoms with Crippen molar-refractivity contribution in [1.29, 1.82) is 0 Å². The van der Waals surface area contributed by atoms with E-state index >= 15 is 0 Å². The summed E-state index contributed by atoms with van der Waals surface area (Å²) in [6, 6.07) is 0.383. The van der Waals surface area contributed by atoms with Crippen molar-refractivity contribution in [3.05, 3.63) is 22.7 Å². The molecule has 1 aliphatic rings. The average molecular weight is 242 g/mol. The Morgan fingerprint density at radius 3 is 3.06 bits per heavy atom. The monoisotopic (exact) mass is 241 g/mol. The molecule has 1 saturated carbocycles. The summed E-state index contributed by atoms with van der Waals surface area (Å²) < 4.78 is 1.75. The second kappa shape index (κ2) is 4.87. The Morgan fingerprint density at radius 1 is 1.69 bits per heavy atom. The van der Waals surface area contributed by atoms with Gasteiger partial charge in [-0.3, -0.25) is 4.79 Å². The third-order valence-corrected chi connectivity index (χ3v) is 3.21. The number of nitrogens with one attached hydrogen (secondary N) is 1. The molecular weight excluding hydrogens is 226 g/mol. The van der Waals surface area contributed by atoms with Crippen LogP contribution in [0.3, 0.4) is 0 Å². The first kappa shape index (κ1) is 11.5. The molecule has 88 valence electrons. The quantitative estimate of drug-likeness (QED) is 0.803. The van der Waals surface area contributed by atoms with Crippen LogP contribution in [0, 0.1) is 0 Å². The lowest BCUT2D eigenvalue weighted by Gasteiger charge is -2.10. The van der Waals surface area contributed by atoms with Crippen molar-refractivity contribution in [3.8, 4) is 0 Å². The zero-order valence-electron chi connectivity index (χ0n) is 9.32. The van der Waals surface area contributed by atoms with E-state index in [1.807, 2.05) is 6.92 Å². The van der Waals surface area contributed by atoms with Crippen molar-refractivity contribution in [1.82, 2.24) is 9.55 Å². The summed E-state index contributed by atoms with van der Waals surface area (Å²) in [6.45, 7) is 2.59. The number of rotatable bonds is 5. The highest BCUT2D eigenvalue weighted by Gasteiger charge is 2.25. The zero-order valence-corrected chi connectivity index (χ0v) is 10.1. The van der Waals surface area contributed by atoms with E-state index in [0.717, 1.165) is 19.3 Å². The van der Waals surface area contributed by atoms with E-state index in [-0.39, 0.29) is 10.9 Å². The largest absolute Gasteiger partial charge is 0.364 e. The fourth-order valence-electron chi connectivity index (χ4n) is 1.54. The molecule has 0 radical (unpaired) electrons. The van der Waals surface area contributed by atoms with E-state index < -0.39 is 0 Å². The maximum atomic E-state index is 11.9. The van der Waals surface area contributed by atoms with Gasteiger partial charge in [0.05, 0.1) is 5.38 Å². The third kappa shape index (κ3) is 2.55. The van der Waals surface area contributed by atoms with Gasteiger partial charge in [-0.05, 0) is 19.3 Å². The molecule has 0 amide bonds. The van der Waals surface area contributed by atoms with Gasteiger partial charge in [-0.15, -0.1) is 11.6 Å². The van der Waals surface area contributed by atoms with E-state index in [0.29, 0.717) is 18.4 Å². The van der Waals surface area contributed by atoms with Crippen LogP contribution in [0.4, 0.5) is 5.82 Å². The number of aromatic nitrogens is 2. The molecule has 5 heteroatoms. The topological polar surface area (TPSA) is 46.9 Å².